The predicted molar refractivity (Wildman–Crippen MR) is 148 cm³/mol. The van der Waals surface area contributed by atoms with E-state index in [1.165, 1.54) is 4.31 Å². The molecule has 39 heavy (non-hydrogen) atoms. The smallest absolute Gasteiger partial charge is 0.243 e. The highest BCUT2D eigenvalue weighted by atomic mass is 32.2. The van der Waals surface area contributed by atoms with Crippen molar-refractivity contribution in [2.24, 2.45) is 0 Å². The van der Waals surface area contributed by atoms with Crippen LogP contribution in [0, 0.1) is 6.92 Å². The molecular weight excluding hydrogens is 514 g/mol. The van der Waals surface area contributed by atoms with Crippen molar-refractivity contribution >= 4 is 26.6 Å². The summed E-state index contributed by atoms with van der Waals surface area (Å²) in [6, 6.07) is 23.3. The maximum atomic E-state index is 13.7. The number of anilines is 1. The normalized spacial score (nSPS) is 14.5. The first kappa shape index (κ1) is 25.1. The van der Waals surface area contributed by atoms with Crippen LogP contribution in [0.15, 0.2) is 77.7 Å². The van der Waals surface area contributed by atoms with E-state index in [4.69, 9.17) is 4.74 Å². The monoisotopic (exact) mass is 541 g/mol. The average Bonchev–Trinajstić information content (AvgIpc) is 3.51. The first-order valence-corrected chi connectivity index (χ1v) is 14.1. The molecule has 6 rings (SSSR count). The lowest BCUT2D eigenvalue weighted by Crippen LogP contribution is -2.40. The largest absolute Gasteiger partial charge is 0.380 e. The highest BCUT2D eigenvalue weighted by Crippen LogP contribution is 2.34. The molecule has 3 aromatic carbocycles. The lowest BCUT2D eigenvalue weighted by atomic mass is 9.97. The molecule has 5 aromatic rings. The number of benzene rings is 3. The molecule has 1 saturated heterocycles. The van der Waals surface area contributed by atoms with Crippen molar-refractivity contribution < 1.29 is 13.2 Å². The third-order valence-electron chi connectivity index (χ3n) is 6.75. The van der Waals surface area contributed by atoms with Gasteiger partial charge < -0.3 is 10.1 Å². The van der Waals surface area contributed by atoms with E-state index in [9.17, 15) is 8.42 Å². The Kier molecular flexibility index (Phi) is 6.77. The number of aryl methyl sites for hydroxylation is 1. The molecular formula is C28H27N7O3S. The van der Waals surface area contributed by atoms with Crippen LogP contribution in [0.4, 0.5) is 5.69 Å². The fraction of sp³-hybridized carbons (Fsp3) is 0.214. The van der Waals surface area contributed by atoms with Crippen molar-refractivity contribution in [1.82, 2.24) is 29.9 Å². The summed E-state index contributed by atoms with van der Waals surface area (Å²) in [7, 11) is -3.73. The molecule has 0 bridgehead atoms. The van der Waals surface area contributed by atoms with Crippen LogP contribution in [0.1, 0.15) is 11.3 Å². The molecule has 0 atom stereocenters. The summed E-state index contributed by atoms with van der Waals surface area (Å²) in [4.78, 5) is 4.87. The van der Waals surface area contributed by atoms with E-state index in [1.807, 2.05) is 67.6 Å². The third-order valence-corrected chi connectivity index (χ3v) is 8.69. The molecule has 0 aliphatic carbocycles. The van der Waals surface area contributed by atoms with Gasteiger partial charge in [0.1, 0.15) is 0 Å². The summed E-state index contributed by atoms with van der Waals surface area (Å²) < 4.78 is 34.2. The number of pyridine rings is 1. The number of morpholine rings is 1. The molecule has 1 aliphatic rings. The van der Waals surface area contributed by atoms with E-state index in [1.54, 1.807) is 12.1 Å². The van der Waals surface area contributed by atoms with Crippen LogP contribution in [0.25, 0.3) is 33.4 Å². The Labute approximate surface area is 226 Å². The van der Waals surface area contributed by atoms with Crippen molar-refractivity contribution in [2.45, 2.75) is 18.4 Å². The van der Waals surface area contributed by atoms with Gasteiger partial charge in [-0.05, 0) is 53.1 Å². The number of ether oxygens (including phenoxy) is 1. The van der Waals surface area contributed by atoms with E-state index < -0.39 is 10.0 Å². The summed E-state index contributed by atoms with van der Waals surface area (Å²) >= 11 is 0. The zero-order chi connectivity index (χ0) is 26.8. The highest BCUT2D eigenvalue weighted by Gasteiger charge is 2.29. The van der Waals surface area contributed by atoms with Gasteiger partial charge in [0.05, 0.1) is 23.6 Å². The van der Waals surface area contributed by atoms with Crippen molar-refractivity contribution in [3.63, 3.8) is 0 Å². The number of aromatic amines is 1. The average molecular weight is 542 g/mol. The summed E-state index contributed by atoms with van der Waals surface area (Å²) in [6.45, 7) is 3.77. The molecule has 0 saturated carbocycles. The molecule has 2 aromatic heterocycles. The van der Waals surface area contributed by atoms with Gasteiger partial charge in [-0.25, -0.2) is 8.42 Å². The Morgan fingerprint density at radius 1 is 0.974 bits per heavy atom. The molecule has 2 N–H and O–H groups in total. The molecule has 0 spiro atoms. The van der Waals surface area contributed by atoms with E-state index in [0.29, 0.717) is 55.3 Å². The number of H-pyrrole nitrogens is 1. The number of hydrogen-bond acceptors (Lipinski definition) is 8. The molecule has 11 heteroatoms. The van der Waals surface area contributed by atoms with Crippen LogP contribution >= 0.6 is 0 Å². The second-order valence-electron chi connectivity index (χ2n) is 9.31. The first-order chi connectivity index (χ1) is 19.0. The molecule has 198 valence electrons. The van der Waals surface area contributed by atoms with Gasteiger partial charge >= 0.3 is 0 Å². The molecule has 3 heterocycles. The third kappa shape index (κ3) is 4.99. The number of rotatable bonds is 7. The number of sulfonamides is 1. The summed E-state index contributed by atoms with van der Waals surface area (Å²) in [5, 5.41) is 18.8. The van der Waals surface area contributed by atoms with Crippen LogP contribution in [0.3, 0.4) is 0 Å². The van der Waals surface area contributed by atoms with Gasteiger partial charge in [0, 0.05) is 42.0 Å². The topological polar surface area (TPSA) is 126 Å². The quantitative estimate of drug-likeness (QED) is 0.316. The SMILES string of the molecule is Cc1cc(NCc2ccc(-c3ccccc3)c(-c3nn[nH]n3)c2)c2c(S(=O)(=O)N3CCOCC3)cccc2n1. The van der Waals surface area contributed by atoms with Crippen LogP contribution in [0.2, 0.25) is 0 Å². The number of tetrazole rings is 1. The minimum atomic E-state index is -3.73. The maximum absolute atomic E-state index is 13.7. The molecule has 1 aliphatic heterocycles. The van der Waals surface area contributed by atoms with E-state index >= 15 is 0 Å². The van der Waals surface area contributed by atoms with Crippen LogP contribution in [-0.4, -0.2) is 64.6 Å². The minimum absolute atomic E-state index is 0.240. The van der Waals surface area contributed by atoms with Crippen molar-refractivity contribution in [1.29, 1.82) is 0 Å². The molecule has 1 fully saturated rings. The maximum Gasteiger partial charge on any atom is 0.243 e. The summed E-state index contributed by atoms with van der Waals surface area (Å²) in [6.07, 6.45) is 0. The Morgan fingerprint density at radius 3 is 2.56 bits per heavy atom. The Balaban J connectivity index is 1.38. The first-order valence-electron chi connectivity index (χ1n) is 12.6. The predicted octanol–water partition coefficient (Wildman–Crippen LogP) is 4.02. The van der Waals surface area contributed by atoms with E-state index in [-0.39, 0.29) is 4.90 Å². The minimum Gasteiger partial charge on any atom is -0.380 e. The zero-order valence-corrected chi connectivity index (χ0v) is 22.1. The Morgan fingerprint density at radius 2 is 1.79 bits per heavy atom. The number of hydrogen-bond donors (Lipinski definition) is 2. The summed E-state index contributed by atoms with van der Waals surface area (Å²) in [5.41, 5.74) is 5.98. The number of fused-ring (bicyclic) bond motifs is 1. The number of nitrogens with one attached hydrogen (secondary N) is 2. The van der Waals surface area contributed by atoms with Gasteiger partial charge in [-0.3, -0.25) is 4.98 Å². The zero-order valence-electron chi connectivity index (χ0n) is 21.3. The van der Waals surface area contributed by atoms with Gasteiger partial charge in [0.25, 0.3) is 0 Å². The van der Waals surface area contributed by atoms with Crippen LogP contribution in [0.5, 0.6) is 0 Å². The second-order valence-corrected chi connectivity index (χ2v) is 11.2. The summed E-state index contributed by atoms with van der Waals surface area (Å²) in [5.74, 6) is 0.500. The van der Waals surface area contributed by atoms with Crippen molar-refractivity contribution in [3.8, 4) is 22.5 Å². The van der Waals surface area contributed by atoms with Gasteiger partial charge in [-0.2, -0.15) is 9.52 Å². The molecule has 0 unspecified atom stereocenters. The van der Waals surface area contributed by atoms with Gasteiger partial charge in [0.15, 0.2) is 0 Å². The van der Waals surface area contributed by atoms with E-state index in [2.05, 4.69) is 30.9 Å². The van der Waals surface area contributed by atoms with Gasteiger partial charge in [-0.1, -0.05) is 48.5 Å². The fourth-order valence-electron chi connectivity index (χ4n) is 4.90. The fourth-order valence-corrected chi connectivity index (χ4v) is 6.53. The van der Waals surface area contributed by atoms with Crippen molar-refractivity contribution in [3.05, 3.63) is 84.1 Å². The lowest BCUT2D eigenvalue weighted by molar-refractivity contribution is 0.0730. The molecule has 10 nitrogen and oxygen atoms in total. The molecule has 0 amide bonds. The highest BCUT2D eigenvalue weighted by molar-refractivity contribution is 7.89. The van der Waals surface area contributed by atoms with Gasteiger partial charge in [-0.15, -0.1) is 10.2 Å². The standard InChI is InChI=1S/C28H27N7O3S/c1-19-16-25(27-24(30-19)8-5-9-26(27)39(36,37)35-12-14-38-15-13-35)29-18-20-10-11-22(21-6-3-2-4-7-21)23(17-20)28-31-33-34-32-28/h2-11,16-17H,12-15,18H2,1H3,(H,29,30)(H,31,32,33,34). The lowest BCUT2D eigenvalue weighted by Gasteiger charge is -2.27. The van der Waals surface area contributed by atoms with Gasteiger partial charge in [0.2, 0.25) is 15.8 Å². The second kappa shape index (κ2) is 10.5. The van der Waals surface area contributed by atoms with E-state index in [0.717, 1.165) is 27.9 Å². The van der Waals surface area contributed by atoms with Crippen molar-refractivity contribution in [2.75, 3.05) is 31.6 Å². The Hall–Kier alpha value is -4.19. The number of aromatic nitrogens is 5. The van der Waals surface area contributed by atoms with Crippen LogP contribution in [-0.2, 0) is 21.3 Å². The number of nitrogens with zero attached hydrogens (tertiary/aromatic N) is 5. The Bertz CT molecular complexity index is 1720. The van der Waals surface area contributed by atoms with Crippen LogP contribution < -0.4 is 5.32 Å². The molecule has 0 radical (unpaired) electrons.